The molecule has 8 nitrogen and oxygen atoms in total. The second-order valence-corrected chi connectivity index (χ2v) is 7.79. The number of non-ortho nitro benzene ring substituents is 1. The van der Waals surface area contributed by atoms with Gasteiger partial charge in [0.1, 0.15) is 5.82 Å². The van der Waals surface area contributed by atoms with Gasteiger partial charge in [0.05, 0.1) is 16.4 Å². The SMILES string of the molecule is CN(CC(=O)NCCc1ccc(F)cc1)S(=O)(=O)c1cccc([N+](=O)[O-])c1. The molecule has 144 valence electrons. The molecule has 0 atom stereocenters. The van der Waals surface area contributed by atoms with Crippen LogP contribution < -0.4 is 5.32 Å². The zero-order valence-electron chi connectivity index (χ0n) is 14.5. The fourth-order valence-electron chi connectivity index (χ4n) is 2.28. The Hall–Kier alpha value is -2.85. The number of nitro benzene ring substituents is 1. The molecule has 1 amide bonds. The third-order valence-electron chi connectivity index (χ3n) is 3.75. The summed E-state index contributed by atoms with van der Waals surface area (Å²) in [7, 11) is -2.83. The van der Waals surface area contributed by atoms with Gasteiger partial charge in [0.15, 0.2) is 0 Å². The molecule has 2 rings (SSSR count). The predicted molar refractivity (Wildman–Crippen MR) is 96.0 cm³/mol. The number of hydrogen-bond acceptors (Lipinski definition) is 5. The quantitative estimate of drug-likeness (QED) is 0.541. The van der Waals surface area contributed by atoms with Gasteiger partial charge in [-0.2, -0.15) is 4.31 Å². The van der Waals surface area contributed by atoms with Crippen LogP contribution in [0.15, 0.2) is 53.4 Å². The van der Waals surface area contributed by atoms with Crippen molar-refractivity contribution in [2.45, 2.75) is 11.3 Å². The van der Waals surface area contributed by atoms with Crippen LogP contribution in [0.4, 0.5) is 10.1 Å². The van der Waals surface area contributed by atoms with Gasteiger partial charge < -0.3 is 5.32 Å². The van der Waals surface area contributed by atoms with E-state index in [2.05, 4.69) is 5.32 Å². The van der Waals surface area contributed by atoms with Crippen molar-refractivity contribution < 1.29 is 22.5 Å². The number of rotatable bonds is 8. The molecule has 0 aromatic heterocycles. The van der Waals surface area contributed by atoms with E-state index < -0.39 is 27.4 Å². The number of amides is 1. The molecule has 0 heterocycles. The number of sulfonamides is 1. The second kappa shape index (κ2) is 8.69. The number of nitrogens with zero attached hydrogens (tertiary/aromatic N) is 2. The fraction of sp³-hybridized carbons (Fsp3) is 0.235. The van der Waals surface area contributed by atoms with Crippen LogP contribution in [-0.2, 0) is 21.2 Å². The van der Waals surface area contributed by atoms with Crippen LogP contribution in [0.25, 0.3) is 0 Å². The molecule has 0 radical (unpaired) electrons. The maximum absolute atomic E-state index is 12.8. The molecular formula is C17H18FN3O5S. The Morgan fingerprint density at radius 1 is 1.22 bits per heavy atom. The van der Waals surface area contributed by atoms with Crippen molar-refractivity contribution in [1.29, 1.82) is 0 Å². The lowest BCUT2D eigenvalue weighted by molar-refractivity contribution is -0.385. The Balaban J connectivity index is 1.93. The molecule has 0 aliphatic heterocycles. The maximum Gasteiger partial charge on any atom is 0.270 e. The van der Waals surface area contributed by atoms with Crippen molar-refractivity contribution in [3.8, 4) is 0 Å². The van der Waals surface area contributed by atoms with Crippen molar-refractivity contribution in [3.05, 3.63) is 70.0 Å². The van der Waals surface area contributed by atoms with E-state index in [4.69, 9.17) is 0 Å². The number of carbonyl (C=O) groups is 1. The molecule has 2 aromatic rings. The molecule has 0 saturated carbocycles. The lowest BCUT2D eigenvalue weighted by Gasteiger charge is -2.16. The largest absolute Gasteiger partial charge is 0.355 e. The summed E-state index contributed by atoms with van der Waals surface area (Å²) in [6.45, 7) is -0.177. The normalized spacial score (nSPS) is 11.4. The number of likely N-dealkylation sites (N-methyl/N-ethyl adjacent to an activating group) is 1. The van der Waals surface area contributed by atoms with E-state index in [1.54, 1.807) is 12.1 Å². The van der Waals surface area contributed by atoms with E-state index in [0.29, 0.717) is 6.42 Å². The van der Waals surface area contributed by atoms with Crippen LogP contribution in [0, 0.1) is 15.9 Å². The average Bonchev–Trinajstić information content (AvgIpc) is 2.63. The van der Waals surface area contributed by atoms with Gasteiger partial charge in [-0.25, -0.2) is 12.8 Å². The number of benzene rings is 2. The Bertz CT molecular complexity index is 932. The van der Waals surface area contributed by atoms with Crippen LogP contribution in [0.2, 0.25) is 0 Å². The molecule has 0 unspecified atom stereocenters. The summed E-state index contributed by atoms with van der Waals surface area (Å²) in [4.78, 5) is 21.8. The molecular weight excluding hydrogens is 377 g/mol. The highest BCUT2D eigenvalue weighted by Crippen LogP contribution is 2.19. The number of halogens is 1. The van der Waals surface area contributed by atoms with Crippen molar-refractivity contribution in [3.63, 3.8) is 0 Å². The van der Waals surface area contributed by atoms with Crippen molar-refractivity contribution in [2.24, 2.45) is 0 Å². The van der Waals surface area contributed by atoms with Gasteiger partial charge in [0, 0.05) is 25.7 Å². The first kappa shape index (κ1) is 20.5. The third kappa shape index (κ3) is 5.56. The van der Waals surface area contributed by atoms with Gasteiger partial charge in [-0.1, -0.05) is 18.2 Å². The molecule has 0 bridgehead atoms. The minimum Gasteiger partial charge on any atom is -0.355 e. The maximum atomic E-state index is 12.8. The van der Waals surface area contributed by atoms with Gasteiger partial charge >= 0.3 is 0 Å². The highest BCUT2D eigenvalue weighted by atomic mass is 32.2. The second-order valence-electron chi connectivity index (χ2n) is 5.74. The topological polar surface area (TPSA) is 110 Å². The molecule has 0 fully saturated rings. The molecule has 0 aliphatic carbocycles. The Kier molecular flexibility index (Phi) is 6.59. The van der Waals surface area contributed by atoms with Crippen LogP contribution in [0.5, 0.6) is 0 Å². The van der Waals surface area contributed by atoms with Crippen LogP contribution in [0.1, 0.15) is 5.56 Å². The highest BCUT2D eigenvalue weighted by molar-refractivity contribution is 7.89. The number of carbonyl (C=O) groups excluding carboxylic acids is 1. The average molecular weight is 395 g/mol. The van der Waals surface area contributed by atoms with E-state index in [9.17, 15) is 27.7 Å². The first-order valence-corrected chi connectivity index (χ1v) is 9.36. The van der Waals surface area contributed by atoms with Gasteiger partial charge in [-0.3, -0.25) is 14.9 Å². The summed E-state index contributed by atoms with van der Waals surface area (Å²) in [5.74, 6) is -0.871. The van der Waals surface area contributed by atoms with E-state index >= 15 is 0 Å². The van der Waals surface area contributed by atoms with E-state index in [-0.39, 0.29) is 22.9 Å². The van der Waals surface area contributed by atoms with Crippen molar-refractivity contribution in [2.75, 3.05) is 20.1 Å². The number of nitro groups is 1. The Labute approximate surface area is 155 Å². The summed E-state index contributed by atoms with van der Waals surface area (Å²) < 4.78 is 38.6. The number of hydrogen-bond donors (Lipinski definition) is 1. The summed E-state index contributed by atoms with van der Waals surface area (Å²) in [5, 5.41) is 13.4. The van der Waals surface area contributed by atoms with Crippen LogP contribution >= 0.6 is 0 Å². The van der Waals surface area contributed by atoms with E-state index in [1.807, 2.05) is 0 Å². The zero-order valence-corrected chi connectivity index (χ0v) is 15.3. The fourth-order valence-corrected chi connectivity index (χ4v) is 3.45. The van der Waals surface area contributed by atoms with Crippen molar-refractivity contribution >= 4 is 21.6 Å². The first-order chi connectivity index (χ1) is 12.7. The third-order valence-corrected chi connectivity index (χ3v) is 5.55. The molecule has 27 heavy (non-hydrogen) atoms. The molecule has 0 aliphatic rings. The van der Waals surface area contributed by atoms with Gasteiger partial charge in [0.2, 0.25) is 15.9 Å². The Morgan fingerprint density at radius 2 is 1.89 bits per heavy atom. The minimum atomic E-state index is -4.05. The van der Waals surface area contributed by atoms with Crippen molar-refractivity contribution in [1.82, 2.24) is 9.62 Å². The number of nitrogens with one attached hydrogen (secondary N) is 1. The zero-order chi connectivity index (χ0) is 20.0. The summed E-state index contributed by atoms with van der Waals surface area (Å²) in [6.07, 6.45) is 0.466. The molecule has 1 N–H and O–H groups in total. The summed E-state index contributed by atoms with van der Waals surface area (Å²) in [6, 6.07) is 10.4. The van der Waals surface area contributed by atoms with Crippen LogP contribution in [0.3, 0.4) is 0 Å². The van der Waals surface area contributed by atoms with E-state index in [0.717, 1.165) is 15.9 Å². The van der Waals surface area contributed by atoms with Gasteiger partial charge in [0.25, 0.3) is 5.69 Å². The lowest BCUT2D eigenvalue weighted by Crippen LogP contribution is -2.39. The Morgan fingerprint density at radius 3 is 2.52 bits per heavy atom. The van der Waals surface area contributed by atoms with Gasteiger partial charge in [-0.15, -0.1) is 0 Å². The minimum absolute atomic E-state index is 0.259. The van der Waals surface area contributed by atoms with Gasteiger partial charge in [-0.05, 0) is 30.2 Å². The molecule has 0 saturated heterocycles. The summed E-state index contributed by atoms with van der Waals surface area (Å²) >= 11 is 0. The molecule has 0 spiro atoms. The highest BCUT2D eigenvalue weighted by Gasteiger charge is 2.24. The predicted octanol–water partition coefficient (Wildman–Crippen LogP) is 1.71. The monoisotopic (exact) mass is 395 g/mol. The standard InChI is InChI=1S/C17H18FN3O5S/c1-20(27(25,26)16-4-2-3-15(11-16)21(23)24)12-17(22)19-10-9-13-5-7-14(18)8-6-13/h2-8,11H,9-10,12H2,1H3,(H,19,22). The first-order valence-electron chi connectivity index (χ1n) is 7.92. The molecule has 10 heteroatoms. The lowest BCUT2D eigenvalue weighted by atomic mass is 10.1. The summed E-state index contributed by atoms with van der Waals surface area (Å²) in [5.41, 5.74) is 0.475. The smallest absolute Gasteiger partial charge is 0.270 e. The van der Waals surface area contributed by atoms with E-state index in [1.165, 1.54) is 37.4 Å². The van der Waals surface area contributed by atoms with Crippen LogP contribution in [-0.4, -0.2) is 43.7 Å². The molecule has 2 aromatic carbocycles.